The van der Waals surface area contributed by atoms with Crippen LogP contribution in [0.1, 0.15) is 38.2 Å². The van der Waals surface area contributed by atoms with Crippen molar-refractivity contribution in [3.8, 4) is 11.4 Å². The molecular weight excluding hydrogens is 272 g/mol. The van der Waals surface area contributed by atoms with E-state index in [4.69, 9.17) is 5.11 Å². The number of carboxylic acids is 1. The van der Waals surface area contributed by atoms with Crippen LogP contribution in [0.15, 0.2) is 6.07 Å². The standard InChI is InChI=1S/C13H18N6O2/c1-5-11-10(6-7(2)14-15-11)12-16-17-18-19(12)9(4)8(3)13(20)21/h6,8-9H,5H2,1-4H3,(H,20,21). The highest BCUT2D eigenvalue weighted by atomic mass is 16.4. The molecule has 0 amide bonds. The molecule has 1 N–H and O–H groups in total. The number of hydrogen-bond donors (Lipinski definition) is 1. The van der Waals surface area contributed by atoms with Crippen molar-refractivity contribution in [1.82, 2.24) is 30.4 Å². The molecule has 8 nitrogen and oxygen atoms in total. The Morgan fingerprint density at radius 1 is 1.33 bits per heavy atom. The van der Waals surface area contributed by atoms with Crippen LogP contribution < -0.4 is 0 Å². The predicted octanol–water partition coefficient (Wildman–Crippen LogP) is 1.28. The van der Waals surface area contributed by atoms with Gasteiger partial charge >= 0.3 is 5.97 Å². The van der Waals surface area contributed by atoms with Crippen LogP contribution in [0, 0.1) is 12.8 Å². The van der Waals surface area contributed by atoms with E-state index in [2.05, 4.69) is 25.7 Å². The first-order chi connectivity index (χ1) is 9.95. The maximum Gasteiger partial charge on any atom is 0.308 e. The quantitative estimate of drug-likeness (QED) is 0.883. The molecule has 2 aromatic heterocycles. The van der Waals surface area contributed by atoms with Gasteiger partial charge in [0.05, 0.1) is 23.3 Å². The molecule has 2 rings (SSSR count). The maximum absolute atomic E-state index is 11.2. The summed E-state index contributed by atoms with van der Waals surface area (Å²) in [5.74, 6) is -0.970. The van der Waals surface area contributed by atoms with Crippen LogP contribution in [0.4, 0.5) is 0 Å². The van der Waals surface area contributed by atoms with E-state index in [9.17, 15) is 4.79 Å². The summed E-state index contributed by atoms with van der Waals surface area (Å²) in [5, 5.41) is 29.0. The summed E-state index contributed by atoms with van der Waals surface area (Å²) in [6.07, 6.45) is 0.693. The van der Waals surface area contributed by atoms with E-state index >= 15 is 0 Å². The number of carboxylic acid groups (broad SMARTS) is 1. The molecule has 2 unspecified atom stereocenters. The first-order valence-electron chi connectivity index (χ1n) is 6.80. The van der Waals surface area contributed by atoms with Crippen molar-refractivity contribution in [3.05, 3.63) is 17.5 Å². The predicted molar refractivity (Wildman–Crippen MR) is 74.5 cm³/mol. The lowest BCUT2D eigenvalue weighted by atomic mass is 10.0. The van der Waals surface area contributed by atoms with Gasteiger partial charge < -0.3 is 5.11 Å². The minimum Gasteiger partial charge on any atom is -0.481 e. The zero-order valence-corrected chi connectivity index (χ0v) is 12.5. The Kier molecular flexibility index (Phi) is 4.25. The molecule has 0 aliphatic carbocycles. The summed E-state index contributed by atoms with van der Waals surface area (Å²) in [6, 6.07) is 1.50. The smallest absolute Gasteiger partial charge is 0.308 e. The summed E-state index contributed by atoms with van der Waals surface area (Å²) in [5.41, 5.74) is 2.34. The lowest BCUT2D eigenvalue weighted by Crippen LogP contribution is -2.23. The Labute approximate surface area is 122 Å². The number of hydrogen-bond acceptors (Lipinski definition) is 6. The summed E-state index contributed by atoms with van der Waals surface area (Å²) in [4.78, 5) is 11.2. The van der Waals surface area contributed by atoms with E-state index in [1.54, 1.807) is 13.8 Å². The van der Waals surface area contributed by atoms with Crippen LogP contribution in [0.3, 0.4) is 0 Å². The number of aromatic nitrogens is 6. The molecule has 0 aromatic carbocycles. The number of tetrazole rings is 1. The van der Waals surface area contributed by atoms with Crippen LogP contribution in [0.5, 0.6) is 0 Å². The third kappa shape index (κ3) is 2.88. The van der Waals surface area contributed by atoms with E-state index in [1.807, 2.05) is 19.9 Å². The van der Waals surface area contributed by atoms with Crippen molar-refractivity contribution in [1.29, 1.82) is 0 Å². The fourth-order valence-electron chi connectivity index (χ4n) is 2.03. The molecule has 21 heavy (non-hydrogen) atoms. The second-order valence-electron chi connectivity index (χ2n) is 5.01. The molecule has 112 valence electrons. The van der Waals surface area contributed by atoms with Crippen LogP contribution in [0.2, 0.25) is 0 Å². The Balaban J connectivity index is 2.50. The molecule has 0 saturated carbocycles. The molecule has 2 atom stereocenters. The van der Waals surface area contributed by atoms with Gasteiger partial charge in [-0.05, 0) is 43.7 Å². The maximum atomic E-state index is 11.2. The third-order valence-corrected chi connectivity index (χ3v) is 3.56. The molecule has 0 spiro atoms. The van der Waals surface area contributed by atoms with Gasteiger partial charge in [-0.3, -0.25) is 4.79 Å². The van der Waals surface area contributed by atoms with Crippen molar-refractivity contribution in [3.63, 3.8) is 0 Å². The van der Waals surface area contributed by atoms with Gasteiger partial charge in [-0.2, -0.15) is 10.2 Å². The van der Waals surface area contributed by atoms with Gasteiger partial charge in [0.2, 0.25) is 0 Å². The van der Waals surface area contributed by atoms with E-state index < -0.39 is 11.9 Å². The normalized spacial score (nSPS) is 13.9. The van der Waals surface area contributed by atoms with Crippen molar-refractivity contribution < 1.29 is 9.90 Å². The summed E-state index contributed by atoms with van der Waals surface area (Å²) < 4.78 is 1.54. The van der Waals surface area contributed by atoms with Gasteiger partial charge in [-0.25, -0.2) is 4.68 Å². The minimum absolute atomic E-state index is 0.370. The van der Waals surface area contributed by atoms with Gasteiger partial charge in [-0.1, -0.05) is 6.92 Å². The molecule has 0 radical (unpaired) electrons. The number of nitrogens with zero attached hydrogens (tertiary/aromatic N) is 6. The van der Waals surface area contributed by atoms with Crippen LogP contribution >= 0.6 is 0 Å². The number of rotatable bonds is 5. The molecule has 0 aliphatic rings. The van der Waals surface area contributed by atoms with Crippen molar-refractivity contribution >= 4 is 5.97 Å². The van der Waals surface area contributed by atoms with Crippen molar-refractivity contribution in [2.24, 2.45) is 5.92 Å². The summed E-state index contributed by atoms with van der Waals surface area (Å²) >= 11 is 0. The fourth-order valence-corrected chi connectivity index (χ4v) is 2.03. The minimum atomic E-state index is -0.885. The summed E-state index contributed by atoms with van der Waals surface area (Å²) in [6.45, 7) is 7.23. The number of aliphatic carboxylic acids is 1. The average Bonchev–Trinajstić information content (AvgIpc) is 2.94. The number of aryl methyl sites for hydroxylation is 2. The van der Waals surface area contributed by atoms with Gasteiger partial charge in [0.1, 0.15) is 0 Å². The van der Waals surface area contributed by atoms with Crippen molar-refractivity contribution in [2.75, 3.05) is 0 Å². The molecule has 0 bridgehead atoms. The highest BCUT2D eigenvalue weighted by Crippen LogP contribution is 2.25. The lowest BCUT2D eigenvalue weighted by molar-refractivity contribution is -0.142. The van der Waals surface area contributed by atoms with E-state index in [0.29, 0.717) is 12.2 Å². The average molecular weight is 290 g/mol. The largest absolute Gasteiger partial charge is 0.481 e. The van der Waals surface area contributed by atoms with Crippen LogP contribution in [0.25, 0.3) is 11.4 Å². The second-order valence-corrected chi connectivity index (χ2v) is 5.01. The Hall–Kier alpha value is -2.38. The SMILES string of the molecule is CCc1nnc(C)cc1-c1nnnn1C(C)C(C)C(=O)O. The highest BCUT2D eigenvalue weighted by molar-refractivity contribution is 5.70. The Morgan fingerprint density at radius 2 is 2.05 bits per heavy atom. The fraction of sp³-hybridized carbons (Fsp3) is 0.538. The third-order valence-electron chi connectivity index (χ3n) is 3.56. The topological polar surface area (TPSA) is 107 Å². The van der Waals surface area contributed by atoms with Gasteiger partial charge in [0, 0.05) is 5.56 Å². The van der Waals surface area contributed by atoms with Gasteiger partial charge in [0.15, 0.2) is 5.82 Å². The van der Waals surface area contributed by atoms with Crippen LogP contribution in [-0.2, 0) is 11.2 Å². The molecule has 0 saturated heterocycles. The Bertz CT molecular complexity index is 654. The first-order valence-corrected chi connectivity index (χ1v) is 6.80. The first kappa shape index (κ1) is 15.0. The van der Waals surface area contributed by atoms with E-state index in [-0.39, 0.29) is 6.04 Å². The summed E-state index contributed by atoms with van der Waals surface area (Å²) in [7, 11) is 0. The second kappa shape index (κ2) is 5.94. The molecule has 8 heteroatoms. The van der Waals surface area contributed by atoms with E-state index in [1.165, 1.54) is 4.68 Å². The number of carbonyl (C=O) groups is 1. The lowest BCUT2D eigenvalue weighted by Gasteiger charge is -2.17. The molecule has 2 aromatic rings. The zero-order valence-electron chi connectivity index (χ0n) is 12.5. The molecule has 0 aliphatic heterocycles. The highest BCUT2D eigenvalue weighted by Gasteiger charge is 2.26. The molecule has 2 heterocycles. The van der Waals surface area contributed by atoms with E-state index in [0.717, 1.165) is 17.0 Å². The van der Waals surface area contributed by atoms with Gasteiger partial charge in [0.25, 0.3) is 0 Å². The monoisotopic (exact) mass is 290 g/mol. The zero-order chi connectivity index (χ0) is 15.6. The Morgan fingerprint density at radius 3 is 2.67 bits per heavy atom. The molecular formula is C13H18N6O2. The van der Waals surface area contributed by atoms with Crippen molar-refractivity contribution in [2.45, 2.75) is 40.2 Å². The molecule has 0 fully saturated rings. The van der Waals surface area contributed by atoms with Crippen LogP contribution in [-0.4, -0.2) is 41.5 Å². The van der Waals surface area contributed by atoms with Gasteiger partial charge in [-0.15, -0.1) is 5.10 Å².